The Morgan fingerprint density at radius 3 is 3.06 bits per heavy atom. The highest BCUT2D eigenvalue weighted by Gasteiger charge is 2.03. The number of aryl methyl sites for hydroxylation is 1. The van der Waals surface area contributed by atoms with Gasteiger partial charge < -0.3 is 10.6 Å². The van der Waals surface area contributed by atoms with Crippen LogP contribution in [0.1, 0.15) is 19.2 Å². The van der Waals surface area contributed by atoms with Gasteiger partial charge >= 0.3 is 0 Å². The Labute approximate surface area is 112 Å². The Morgan fingerprint density at radius 1 is 1.33 bits per heavy atom. The van der Waals surface area contributed by atoms with Gasteiger partial charge in [-0.1, -0.05) is 6.07 Å². The molecule has 6 heteroatoms. The van der Waals surface area contributed by atoms with Crippen molar-refractivity contribution >= 4 is 23.0 Å². The third-order valence-corrected chi connectivity index (χ3v) is 2.87. The summed E-state index contributed by atoms with van der Waals surface area (Å²) in [6.45, 7) is 3.71. The Hall–Kier alpha value is -1.69. The van der Waals surface area contributed by atoms with Crippen molar-refractivity contribution in [2.45, 2.75) is 19.8 Å². The summed E-state index contributed by atoms with van der Waals surface area (Å²) >= 11 is 5.09. The molecule has 0 bridgehead atoms. The van der Waals surface area contributed by atoms with Crippen LogP contribution in [0.15, 0.2) is 24.4 Å². The van der Waals surface area contributed by atoms with Gasteiger partial charge in [-0.2, -0.15) is 0 Å². The molecule has 2 N–H and O–H groups in total. The predicted molar refractivity (Wildman–Crippen MR) is 75.6 cm³/mol. The molecule has 0 saturated carbocycles. The number of aromatic nitrogens is 3. The summed E-state index contributed by atoms with van der Waals surface area (Å²) in [5.41, 5.74) is 0.892. The third kappa shape index (κ3) is 3.16. The fraction of sp³-hybridized carbons (Fsp3) is 0.417. The van der Waals surface area contributed by atoms with E-state index in [-0.39, 0.29) is 0 Å². The summed E-state index contributed by atoms with van der Waals surface area (Å²) in [6, 6.07) is 5.90. The van der Waals surface area contributed by atoms with E-state index in [1.165, 1.54) is 0 Å². The van der Waals surface area contributed by atoms with Crippen molar-refractivity contribution < 1.29 is 0 Å². The van der Waals surface area contributed by atoms with Crippen LogP contribution >= 0.6 is 12.2 Å². The molecule has 2 rings (SSSR count). The second-order valence-electron chi connectivity index (χ2n) is 3.93. The molecule has 2 aromatic heterocycles. The molecule has 0 saturated heterocycles. The normalized spacial score (nSPS) is 10.5. The lowest BCUT2D eigenvalue weighted by atomic mass is 10.3. The number of nitrogens with zero attached hydrogens (tertiary/aromatic N) is 3. The van der Waals surface area contributed by atoms with Crippen LogP contribution in [0.2, 0.25) is 0 Å². The van der Waals surface area contributed by atoms with E-state index in [4.69, 9.17) is 12.2 Å². The number of hydrogen-bond donors (Lipinski definition) is 2. The van der Waals surface area contributed by atoms with Gasteiger partial charge in [0.15, 0.2) is 10.8 Å². The Morgan fingerprint density at radius 2 is 2.22 bits per heavy atom. The van der Waals surface area contributed by atoms with Crippen molar-refractivity contribution in [2.24, 2.45) is 0 Å². The van der Waals surface area contributed by atoms with Crippen LogP contribution in [0.3, 0.4) is 0 Å². The Bertz CT molecular complexity index is 522. The van der Waals surface area contributed by atoms with Crippen molar-refractivity contribution in [3.63, 3.8) is 0 Å². The highest BCUT2D eigenvalue weighted by Crippen LogP contribution is 2.04. The second kappa shape index (κ2) is 6.30. The average Bonchev–Trinajstić information content (AvgIpc) is 2.78. The molecule has 0 unspecified atom stereocenters. The van der Waals surface area contributed by atoms with Gasteiger partial charge in [-0.05, 0) is 37.7 Å². The highest BCUT2D eigenvalue weighted by atomic mass is 32.1. The second-order valence-corrected chi connectivity index (χ2v) is 4.34. The van der Waals surface area contributed by atoms with Crippen LogP contribution in [0.4, 0.5) is 0 Å². The number of thiocarbonyl (C=S) groups is 1. The first kappa shape index (κ1) is 12.8. The molecule has 0 aliphatic heterocycles. The van der Waals surface area contributed by atoms with E-state index in [1.54, 1.807) is 0 Å². The fourth-order valence-electron chi connectivity index (χ4n) is 1.73. The minimum atomic E-state index is 0.712. The summed E-state index contributed by atoms with van der Waals surface area (Å²) in [5, 5.41) is 15.2. The number of fused-ring (bicyclic) bond motifs is 1. The van der Waals surface area contributed by atoms with E-state index in [1.807, 2.05) is 35.7 Å². The smallest absolute Gasteiger partial charge is 0.166 e. The average molecular weight is 263 g/mol. The molecule has 0 aromatic carbocycles. The maximum atomic E-state index is 5.09. The van der Waals surface area contributed by atoms with Gasteiger partial charge in [0.1, 0.15) is 5.82 Å². The summed E-state index contributed by atoms with van der Waals surface area (Å²) in [7, 11) is 0. The van der Waals surface area contributed by atoms with Crippen LogP contribution in [-0.4, -0.2) is 32.8 Å². The lowest BCUT2D eigenvalue weighted by molar-refractivity contribution is 0.724. The minimum absolute atomic E-state index is 0.712. The van der Waals surface area contributed by atoms with Gasteiger partial charge in [0.05, 0.1) is 0 Å². The van der Waals surface area contributed by atoms with E-state index in [0.717, 1.165) is 37.4 Å². The molecule has 96 valence electrons. The van der Waals surface area contributed by atoms with Crippen LogP contribution in [0, 0.1) is 0 Å². The molecule has 0 radical (unpaired) electrons. The molecule has 0 aliphatic carbocycles. The van der Waals surface area contributed by atoms with E-state index in [9.17, 15) is 0 Å². The first-order valence-corrected chi connectivity index (χ1v) is 6.52. The van der Waals surface area contributed by atoms with E-state index in [2.05, 4.69) is 20.8 Å². The summed E-state index contributed by atoms with van der Waals surface area (Å²) < 4.78 is 2.02. The molecule has 18 heavy (non-hydrogen) atoms. The molecule has 0 atom stereocenters. The van der Waals surface area contributed by atoms with Crippen molar-refractivity contribution in [1.82, 2.24) is 25.2 Å². The van der Waals surface area contributed by atoms with Gasteiger partial charge in [0.25, 0.3) is 0 Å². The quantitative estimate of drug-likeness (QED) is 0.626. The molecule has 0 amide bonds. The molecule has 0 fully saturated rings. The number of hydrogen-bond acceptors (Lipinski definition) is 3. The van der Waals surface area contributed by atoms with E-state index in [0.29, 0.717) is 5.11 Å². The topological polar surface area (TPSA) is 54.2 Å². The maximum Gasteiger partial charge on any atom is 0.166 e. The largest absolute Gasteiger partial charge is 0.363 e. The van der Waals surface area contributed by atoms with Crippen LogP contribution < -0.4 is 10.6 Å². The monoisotopic (exact) mass is 263 g/mol. The van der Waals surface area contributed by atoms with Gasteiger partial charge in [-0.25, -0.2) is 0 Å². The van der Waals surface area contributed by atoms with Gasteiger partial charge in [0, 0.05) is 25.7 Å². The van der Waals surface area contributed by atoms with E-state index >= 15 is 0 Å². The molecular formula is C12H17N5S. The van der Waals surface area contributed by atoms with Gasteiger partial charge in [-0.3, -0.25) is 4.40 Å². The van der Waals surface area contributed by atoms with Crippen molar-refractivity contribution in [3.05, 3.63) is 30.2 Å². The molecule has 5 nitrogen and oxygen atoms in total. The Balaban J connectivity index is 1.82. The SMILES string of the molecule is CCNC(=S)NCCCc1nnc2ccccn12. The lowest BCUT2D eigenvalue weighted by Crippen LogP contribution is -2.35. The molecule has 0 aliphatic rings. The zero-order valence-electron chi connectivity index (χ0n) is 10.4. The zero-order chi connectivity index (χ0) is 12.8. The molecular weight excluding hydrogens is 246 g/mol. The zero-order valence-corrected chi connectivity index (χ0v) is 11.2. The minimum Gasteiger partial charge on any atom is -0.363 e. The molecule has 2 aromatic rings. The first-order valence-electron chi connectivity index (χ1n) is 6.11. The molecule has 2 heterocycles. The van der Waals surface area contributed by atoms with Gasteiger partial charge in [-0.15, -0.1) is 10.2 Å². The number of rotatable bonds is 5. The fourth-order valence-corrected chi connectivity index (χ4v) is 1.98. The standard InChI is InChI=1S/C12H17N5S/c1-2-13-12(18)14-8-5-7-11-16-15-10-6-3-4-9-17(10)11/h3-4,6,9H,2,5,7-8H2,1H3,(H2,13,14,18). The predicted octanol–water partition coefficient (Wildman–Crippen LogP) is 1.15. The van der Waals surface area contributed by atoms with E-state index < -0.39 is 0 Å². The highest BCUT2D eigenvalue weighted by molar-refractivity contribution is 7.80. The summed E-state index contributed by atoms with van der Waals surface area (Å²) in [4.78, 5) is 0. The Kier molecular flexibility index (Phi) is 4.46. The third-order valence-electron chi connectivity index (χ3n) is 2.58. The number of pyridine rings is 1. The summed E-state index contributed by atoms with van der Waals surface area (Å²) in [6.07, 6.45) is 3.84. The first-order chi connectivity index (χ1) is 8.81. The van der Waals surface area contributed by atoms with Crippen LogP contribution in [0.25, 0.3) is 5.65 Å². The van der Waals surface area contributed by atoms with Gasteiger partial charge in [0.2, 0.25) is 0 Å². The van der Waals surface area contributed by atoms with Crippen molar-refractivity contribution in [1.29, 1.82) is 0 Å². The lowest BCUT2D eigenvalue weighted by Gasteiger charge is -2.07. The number of nitrogens with one attached hydrogen (secondary N) is 2. The van der Waals surface area contributed by atoms with Crippen molar-refractivity contribution in [3.8, 4) is 0 Å². The van der Waals surface area contributed by atoms with Crippen LogP contribution in [-0.2, 0) is 6.42 Å². The van der Waals surface area contributed by atoms with Crippen LogP contribution in [0.5, 0.6) is 0 Å². The maximum absolute atomic E-state index is 5.09. The van der Waals surface area contributed by atoms with Crippen molar-refractivity contribution in [2.75, 3.05) is 13.1 Å². The molecule has 0 spiro atoms. The summed E-state index contributed by atoms with van der Waals surface area (Å²) in [5.74, 6) is 0.988.